The van der Waals surface area contributed by atoms with Crippen molar-refractivity contribution in [1.82, 2.24) is 5.32 Å². The van der Waals surface area contributed by atoms with Crippen molar-refractivity contribution in [1.29, 1.82) is 0 Å². The van der Waals surface area contributed by atoms with Gasteiger partial charge in [-0.25, -0.2) is 4.79 Å². The predicted molar refractivity (Wildman–Crippen MR) is 107 cm³/mol. The Balaban J connectivity index is 2.68. The van der Waals surface area contributed by atoms with E-state index in [-0.39, 0.29) is 24.5 Å². The van der Waals surface area contributed by atoms with Gasteiger partial charge in [0.05, 0.1) is 19.1 Å². The van der Waals surface area contributed by atoms with Crippen molar-refractivity contribution in [3.63, 3.8) is 0 Å². The molecule has 0 aliphatic heterocycles. The smallest absolute Gasteiger partial charge is 0.416 e. The number of hydrogen-bond acceptors (Lipinski definition) is 4. The SMILES string of the molecule is COC(=O)[C@H](CCO[Si](C)(C)C(C)(C)C)NC(=O)Cc1ccc(C(F)(F)F)cc1. The van der Waals surface area contributed by atoms with Crippen LogP contribution in [0.2, 0.25) is 18.1 Å². The number of amides is 1. The number of ether oxygens (including phenoxy) is 1. The highest BCUT2D eigenvalue weighted by Crippen LogP contribution is 2.36. The van der Waals surface area contributed by atoms with E-state index in [0.29, 0.717) is 5.56 Å². The molecule has 0 aromatic heterocycles. The molecule has 5 nitrogen and oxygen atoms in total. The minimum absolute atomic E-state index is 0.0135. The lowest BCUT2D eigenvalue weighted by Gasteiger charge is -2.36. The normalized spacial score (nSPS) is 13.7. The lowest BCUT2D eigenvalue weighted by atomic mass is 10.1. The average Bonchev–Trinajstić information content (AvgIpc) is 2.58. The van der Waals surface area contributed by atoms with Crippen molar-refractivity contribution < 1.29 is 31.9 Å². The summed E-state index contributed by atoms with van der Waals surface area (Å²) in [5.41, 5.74) is -0.367. The zero-order valence-electron chi connectivity index (χ0n) is 17.8. The molecule has 1 rings (SSSR count). The molecular formula is C20H30F3NO4Si. The summed E-state index contributed by atoms with van der Waals surface area (Å²) in [7, 11) is -0.767. The standard InChI is InChI=1S/C20H30F3NO4Si/c1-19(2,3)29(5,6)28-12-11-16(18(26)27-4)24-17(25)13-14-7-9-15(10-8-14)20(21,22)23/h7-10,16H,11-13H2,1-6H3,(H,24,25)/t16-/m0/s1. The van der Waals surface area contributed by atoms with E-state index in [4.69, 9.17) is 9.16 Å². The molecule has 0 bridgehead atoms. The van der Waals surface area contributed by atoms with Crippen LogP contribution >= 0.6 is 0 Å². The summed E-state index contributed by atoms with van der Waals surface area (Å²) in [5.74, 6) is -1.07. The molecular weight excluding hydrogens is 403 g/mol. The minimum atomic E-state index is -4.43. The number of carbonyl (C=O) groups is 2. The molecule has 0 aliphatic carbocycles. The first-order valence-corrected chi connectivity index (χ1v) is 12.3. The summed E-state index contributed by atoms with van der Waals surface area (Å²) in [6, 6.07) is 3.46. The van der Waals surface area contributed by atoms with Crippen molar-refractivity contribution in [2.24, 2.45) is 0 Å². The van der Waals surface area contributed by atoms with Crippen molar-refractivity contribution >= 4 is 20.2 Å². The lowest BCUT2D eigenvalue weighted by Crippen LogP contribution is -2.45. The van der Waals surface area contributed by atoms with Gasteiger partial charge < -0.3 is 14.5 Å². The molecule has 29 heavy (non-hydrogen) atoms. The molecule has 0 heterocycles. The molecule has 0 fully saturated rings. The predicted octanol–water partition coefficient (Wildman–Crippen LogP) is 4.32. The van der Waals surface area contributed by atoms with Gasteiger partial charge in [0.25, 0.3) is 0 Å². The van der Waals surface area contributed by atoms with Crippen molar-refractivity contribution in [2.75, 3.05) is 13.7 Å². The first-order valence-electron chi connectivity index (χ1n) is 9.34. The van der Waals surface area contributed by atoms with Crippen LogP contribution in [-0.4, -0.2) is 40.0 Å². The highest BCUT2D eigenvalue weighted by Gasteiger charge is 2.37. The Morgan fingerprint density at radius 1 is 1.10 bits per heavy atom. The summed E-state index contributed by atoms with van der Waals surface area (Å²) >= 11 is 0. The summed E-state index contributed by atoms with van der Waals surface area (Å²) < 4.78 is 48.6. The van der Waals surface area contributed by atoms with Gasteiger partial charge in [-0.3, -0.25) is 4.79 Å². The second kappa shape index (κ2) is 9.75. The molecule has 0 spiro atoms. The Bertz CT molecular complexity index is 697. The minimum Gasteiger partial charge on any atom is -0.467 e. The number of benzene rings is 1. The van der Waals surface area contributed by atoms with Gasteiger partial charge in [0, 0.05) is 13.0 Å². The van der Waals surface area contributed by atoms with E-state index in [1.807, 2.05) is 0 Å². The third-order valence-electron chi connectivity index (χ3n) is 5.14. The number of methoxy groups -OCH3 is 1. The van der Waals surface area contributed by atoms with Crippen molar-refractivity contribution in [3.8, 4) is 0 Å². The number of nitrogens with one attached hydrogen (secondary N) is 1. The Labute approximate surface area is 171 Å². The molecule has 1 aromatic rings. The van der Waals surface area contributed by atoms with Gasteiger partial charge in [-0.2, -0.15) is 13.2 Å². The van der Waals surface area contributed by atoms with Crippen LogP contribution in [0.1, 0.15) is 38.3 Å². The van der Waals surface area contributed by atoms with Crippen LogP contribution in [0.25, 0.3) is 0 Å². The van der Waals surface area contributed by atoms with E-state index >= 15 is 0 Å². The Hall–Kier alpha value is -1.87. The zero-order valence-corrected chi connectivity index (χ0v) is 18.8. The maximum atomic E-state index is 12.6. The Morgan fingerprint density at radius 2 is 1.66 bits per heavy atom. The lowest BCUT2D eigenvalue weighted by molar-refractivity contribution is -0.145. The number of carbonyl (C=O) groups excluding carboxylic acids is 2. The van der Waals surface area contributed by atoms with Gasteiger partial charge in [-0.15, -0.1) is 0 Å². The third kappa shape index (κ3) is 7.81. The number of alkyl halides is 3. The molecule has 0 saturated carbocycles. The fraction of sp³-hybridized carbons (Fsp3) is 0.600. The van der Waals surface area contributed by atoms with Gasteiger partial charge in [-0.05, 0) is 35.8 Å². The fourth-order valence-electron chi connectivity index (χ4n) is 2.28. The molecule has 1 N–H and O–H groups in total. The van der Waals surface area contributed by atoms with Gasteiger partial charge in [0.15, 0.2) is 8.32 Å². The Morgan fingerprint density at radius 3 is 2.10 bits per heavy atom. The van der Waals surface area contributed by atoms with Gasteiger partial charge in [0.1, 0.15) is 6.04 Å². The second-order valence-electron chi connectivity index (χ2n) is 8.41. The summed E-state index contributed by atoms with van der Waals surface area (Å²) in [6.07, 6.45) is -4.33. The van der Waals surface area contributed by atoms with Gasteiger partial charge >= 0.3 is 12.1 Å². The van der Waals surface area contributed by atoms with Gasteiger partial charge in [-0.1, -0.05) is 32.9 Å². The number of rotatable bonds is 8. The highest BCUT2D eigenvalue weighted by molar-refractivity contribution is 6.74. The summed E-state index contributed by atoms with van der Waals surface area (Å²) in [6.45, 7) is 10.8. The molecule has 164 valence electrons. The molecule has 0 aliphatic rings. The maximum Gasteiger partial charge on any atom is 0.416 e. The summed E-state index contributed by atoms with van der Waals surface area (Å²) in [5, 5.41) is 2.60. The quantitative estimate of drug-likeness (QED) is 0.490. The first-order chi connectivity index (χ1) is 13.2. The second-order valence-corrected chi connectivity index (χ2v) is 13.2. The topological polar surface area (TPSA) is 64.6 Å². The highest BCUT2D eigenvalue weighted by atomic mass is 28.4. The largest absolute Gasteiger partial charge is 0.467 e. The zero-order chi connectivity index (χ0) is 22.5. The third-order valence-corrected chi connectivity index (χ3v) is 9.68. The van der Waals surface area contributed by atoms with E-state index in [9.17, 15) is 22.8 Å². The van der Waals surface area contributed by atoms with E-state index in [1.54, 1.807) is 0 Å². The number of hydrogen-bond donors (Lipinski definition) is 1. The average molecular weight is 434 g/mol. The molecule has 0 unspecified atom stereocenters. The van der Waals surface area contributed by atoms with Crippen LogP contribution in [0.4, 0.5) is 13.2 Å². The van der Waals surface area contributed by atoms with E-state index in [1.165, 1.54) is 19.2 Å². The van der Waals surface area contributed by atoms with Crippen LogP contribution in [0.5, 0.6) is 0 Å². The van der Waals surface area contributed by atoms with Crippen LogP contribution in [0, 0.1) is 0 Å². The van der Waals surface area contributed by atoms with Crippen molar-refractivity contribution in [2.45, 2.75) is 64.0 Å². The van der Waals surface area contributed by atoms with Crippen LogP contribution in [-0.2, 0) is 31.3 Å². The molecule has 0 saturated heterocycles. The molecule has 0 radical (unpaired) electrons. The van der Waals surface area contributed by atoms with E-state index in [0.717, 1.165) is 12.1 Å². The van der Waals surface area contributed by atoms with Gasteiger partial charge in [0.2, 0.25) is 5.91 Å². The first kappa shape index (κ1) is 25.2. The van der Waals surface area contributed by atoms with Crippen LogP contribution in [0.3, 0.4) is 0 Å². The maximum absolute atomic E-state index is 12.6. The molecule has 1 aromatic carbocycles. The monoisotopic (exact) mass is 433 g/mol. The van der Waals surface area contributed by atoms with Crippen molar-refractivity contribution in [3.05, 3.63) is 35.4 Å². The van der Waals surface area contributed by atoms with E-state index < -0.39 is 38.0 Å². The number of halogens is 3. The Kier molecular flexibility index (Phi) is 8.46. The van der Waals surface area contributed by atoms with E-state index in [2.05, 4.69) is 39.2 Å². The summed E-state index contributed by atoms with van der Waals surface area (Å²) in [4.78, 5) is 24.3. The molecule has 1 atom stereocenters. The molecule has 1 amide bonds. The van der Waals surface area contributed by atoms with Crippen LogP contribution < -0.4 is 5.32 Å². The number of esters is 1. The fourth-order valence-corrected chi connectivity index (χ4v) is 3.34. The molecule has 9 heteroatoms. The van der Waals surface area contributed by atoms with Crippen LogP contribution in [0.15, 0.2) is 24.3 Å².